The Bertz CT molecular complexity index is 293. The van der Waals surface area contributed by atoms with E-state index in [2.05, 4.69) is 5.32 Å². The quantitative estimate of drug-likeness (QED) is 0.815. The van der Waals surface area contributed by atoms with Gasteiger partial charge in [-0.25, -0.2) is 0 Å². The number of carbonyl (C=O) groups is 1. The molecule has 0 bridgehead atoms. The minimum Gasteiger partial charge on any atom is -0.375 e. The summed E-state index contributed by atoms with van der Waals surface area (Å²) in [7, 11) is 0. The van der Waals surface area contributed by atoms with Gasteiger partial charge in [-0.05, 0) is 44.7 Å². The molecule has 2 aliphatic heterocycles. The molecule has 3 rings (SSSR count). The highest BCUT2D eigenvalue weighted by atomic mass is 16.5. The Balaban J connectivity index is 1.56. The minimum atomic E-state index is 0.0937. The van der Waals surface area contributed by atoms with E-state index in [1.165, 1.54) is 25.7 Å². The number of hydrogen-bond donors (Lipinski definition) is 1. The molecule has 1 saturated carbocycles. The van der Waals surface area contributed by atoms with Crippen molar-refractivity contribution in [3.05, 3.63) is 0 Å². The van der Waals surface area contributed by atoms with Gasteiger partial charge in [-0.1, -0.05) is 12.8 Å². The summed E-state index contributed by atoms with van der Waals surface area (Å²) < 4.78 is 5.99. The molecule has 17 heavy (non-hydrogen) atoms. The molecular formula is C14H23NO2. The van der Waals surface area contributed by atoms with Gasteiger partial charge in [-0.3, -0.25) is 4.79 Å². The predicted molar refractivity (Wildman–Crippen MR) is 65.9 cm³/mol. The van der Waals surface area contributed by atoms with Crippen molar-refractivity contribution in [2.75, 3.05) is 19.7 Å². The second-order valence-corrected chi connectivity index (χ2v) is 6.12. The molecule has 1 atom stereocenters. The molecule has 0 aromatic rings. The fraction of sp³-hybridized carbons (Fsp3) is 0.929. The number of rotatable bonds is 3. The molecule has 96 valence electrons. The second-order valence-electron chi connectivity index (χ2n) is 6.12. The number of Topliss-reactive ketones (excluding diaryl/α,β-unsaturated/α-hetero) is 1. The molecule has 1 N–H and O–H groups in total. The van der Waals surface area contributed by atoms with Gasteiger partial charge in [0.25, 0.3) is 0 Å². The van der Waals surface area contributed by atoms with Gasteiger partial charge in [-0.15, -0.1) is 0 Å². The maximum atomic E-state index is 12.3. The monoisotopic (exact) mass is 237 g/mol. The van der Waals surface area contributed by atoms with Crippen molar-refractivity contribution < 1.29 is 9.53 Å². The van der Waals surface area contributed by atoms with Gasteiger partial charge in [-0.2, -0.15) is 0 Å². The molecule has 0 aromatic heterocycles. The van der Waals surface area contributed by atoms with E-state index in [4.69, 9.17) is 4.74 Å². The Morgan fingerprint density at radius 1 is 1.29 bits per heavy atom. The lowest BCUT2D eigenvalue weighted by Crippen LogP contribution is -2.45. The lowest BCUT2D eigenvalue weighted by molar-refractivity contribution is -0.137. The van der Waals surface area contributed by atoms with Crippen LogP contribution in [-0.4, -0.2) is 31.1 Å². The van der Waals surface area contributed by atoms with Crippen LogP contribution in [0.4, 0.5) is 0 Å². The highest BCUT2D eigenvalue weighted by Crippen LogP contribution is 2.42. The first-order valence-electron chi connectivity index (χ1n) is 7.15. The van der Waals surface area contributed by atoms with Crippen molar-refractivity contribution in [1.29, 1.82) is 0 Å². The summed E-state index contributed by atoms with van der Waals surface area (Å²) in [5.41, 5.74) is 0.0937. The third kappa shape index (κ3) is 2.41. The third-order valence-corrected chi connectivity index (χ3v) is 4.82. The van der Waals surface area contributed by atoms with Crippen LogP contribution in [0.3, 0.4) is 0 Å². The fourth-order valence-electron chi connectivity index (χ4n) is 3.61. The minimum absolute atomic E-state index is 0.0937. The van der Waals surface area contributed by atoms with Crippen molar-refractivity contribution in [3.8, 4) is 0 Å². The van der Waals surface area contributed by atoms with Crippen molar-refractivity contribution >= 4 is 5.78 Å². The van der Waals surface area contributed by atoms with Crippen LogP contribution in [-0.2, 0) is 9.53 Å². The number of ether oxygens (including phenoxy) is 1. The van der Waals surface area contributed by atoms with Gasteiger partial charge in [0.15, 0.2) is 0 Å². The zero-order valence-electron chi connectivity index (χ0n) is 10.5. The molecular weight excluding hydrogens is 214 g/mol. The van der Waals surface area contributed by atoms with E-state index >= 15 is 0 Å². The lowest BCUT2D eigenvalue weighted by atomic mass is 9.79. The fourth-order valence-corrected chi connectivity index (χ4v) is 3.61. The molecule has 2 heterocycles. The van der Waals surface area contributed by atoms with Crippen LogP contribution in [0.15, 0.2) is 0 Å². The van der Waals surface area contributed by atoms with E-state index in [9.17, 15) is 4.79 Å². The zero-order chi connectivity index (χ0) is 11.7. The van der Waals surface area contributed by atoms with Gasteiger partial charge >= 0.3 is 0 Å². The second kappa shape index (κ2) is 4.69. The summed E-state index contributed by atoms with van der Waals surface area (Å²) in [5, 5.41) is 3.24. The Labute approximate surface area is 103 Å². The smallest absolute Gasteiger partial charge is 0.136 e. The number of ketones is 1. The lowest BCUT2D eigenvalue weighted by Gasteiger charge is -2.38. The normalized spacial score (nSPS) is 32.6. The summed E-state index contributed by atoms with van der Waals surface area (Å²) >= 11 is 0. The van der Waals surface area contributed by atoms with Crippen LogP contribution in [0.25, 0.3) is 0 Å². The van der Waals surface area contributed by atoms with E-state index in [0.29, 0.717) is 17.6 Å². The zero-order valence-corrected chi connectivity index (χ0v) is 10.5. The summed E-state index contributed by atoms with van der Waals surface area (Å²) in [5.74, 6) is 1.42. The molecule has 1 unspecified atom stereocenters. The molecule has 3 aliphatic rings. The van der Waals surface area contributed by atoms with Crippen LogP contribution in [0.1, 0.15) is 44.9 Å². The summed E-state index contributed by atoms with van der Waals surface area (Å²) in [4.78, 5) is 12.3. The molecule has 3 nitrogen and oxygen atoms in total. The average molecular weight is 237 g/mol. The van der Waals surface area contributed by atoms with Crippen molar-refractivity contribution in [2.45, 2.75) is 50.5 Å². The highest BCUT2D eigenvalue weighted by molar-refractivity contribution is 5.81. The van der Waals surface area contributed by atoms with E-state index < -0.39 is 0 Å². The van der Waals surface area contributed by atoms with Gasteiger partial charge in [0.1, 0.15) is 5.78 Å². The number of carbonyl (C=O) groups excluding carboxylic acids is 1. The van der Waals surface area contributed by atoms with Crippen molar-refractivity contribution in [2.24, 2.45) is 11.8 Å². The van der Waals surface area contributed by atoms with Gasteiger partial charge in [0.2, 0.25) is 0 Å². The standard InChI is InChI=1S/C14H23NO2/c16-13(7-11-9-15-10-11)12-3-6-17-14(8-12)4-1-2-5-14/h11-12,15H,1-10H2. The van der Waals surface area contributed by atoms with Gasteiger partial charge in [0.05, 0.1) is 5.60 Å². The van der Waals surface area contributed by atoms with Crippen molar-refractivity contribution in [3.63, 3.8) is 0 Å². The highest BCUT2D eigenvalue weighted by Gasteiger charge is 2.42. The third-order valence-electron chi connectivity index (χ3n) is 4.82. The molecule has 3 heteroatoms. The van der Waals surface area contributed by atoms with Crippen LogP contribution in [0, 0.1) is 11.8 Å². The largest absolute Gasteiger partial charge is 0.375 e. The first-order valence-corrected chi connectivity index (χ1v) is 7.15. The average Bonchev–Trinajstić information content (AvgIpc) is 2.71. The maximum Gasteiger partial charge on any atom is 0.136 e. The molecule has 1 spiro atoms. The van der Waals surface area contributed by atoms with E-state index in [1.807, 2.05) is 0 Å². The Morgan fingerprint density at radius 2 is 2.06 bits per heavy atom. The van der Waals surface area contributed by atoms with Crippen molar-refractivity contribution in [1.82, 2.24) is 5.32 Å². The molecule has 0 amide bonds. The van der Waals surface area contributed by atoms with Crippen LogP contribution >= 0.6 is 0 Å². The Hall–Kier alpha value is -0.410. The maximum absolute atomic E-state index is 12.3. The van der Waals surface area contributed by atoms with Gasteiger partial charge in [0, 0.05) is 18.9 Å². The van der Waals surface area contributed by atoms with E-state index in [-0.39, 0.29) is 5.60 Å². The summed E-state index contributed by atoms with van der Waals surface area (Å²) in [6.45, 7) is 2.89. The molecule has 0 aromatic carbocycles. The first kappa shape index (κ1) is 11.7. The summed E-state index contributed by atoms with van der Waals surface area (Å²) in [6, 6.07) is 0. The Morgan fingerprint density at radius 3 is 2.71 bits per heavy atom. The van der Waals surface area contributed by atoms with Crippen LogP contribution < -0.4 is 5.32 Å². The predicted octanol–water partition coefficient (Wildman–Crippen LogP) is 1.90. The summed E-state index contributed by atoms with van der Waals surface area (Å²) in [6.07, 6.45) is 7.70. The Kier molecular flexibility index (Phi) is 3.22. The number of nitrogens with one attached hydrogen (secondary N) is 1. The molecule has 3 fully saturated rings. The van der Waals surface area contributed by atoms with Gasteiger partial charge < -0.3 is 10.1 Å². The first-order chi connectivity index (χ1) is 8.27. The molecule has 1 aliphatic carbocycles. The van der Waals surface area contributed by atoms with E-state index in [1.54, 1.807) is 0 Å². The molecule has 0 radical (unpaired) electrons. The number of hydrogen-bond acceptors (Lipinski definition) is 3. The topological polar surface area (TPSA) is 38.3 Å². The molecule has 2 saturated heterocycles. The van der Waals surface area contributed by atoms with E-state index in [0.717, 1.165) is 39.0 Å². The van der Waals surface area contributed by atoms with Crippen LogP contribution in [0.5, 0.6) is 0 Å². The van der Waals surface area contributed by atoms with Crippen LogP contribution in [0.2, 0.25) is 0 Å². The SMILES string of the molecule is O=C(CC1CNC1)C1CCOC2(CCCC2)C1.